The van der Waals surface area contributed by atoms with Crippen molar-refractivity contribution in [2.24, 2.45) is 5.41 Å². The number of piperidine rings is 1. The molecule has 2 aliphatic heterocycles. The second-order valence-electron chi connectivity index (χ2n) is 13.2. The number of nitrogen functional groups attached to an aromatic ring is 1. The molecule has 6 rings (SSSR count). The summed E-state index contributed by atoms with van der Waals surface area (Å²) in [6, 6.07) is 13.8. The third-order valence-electron chi connectivity index (χ3n) is 8.64. The van der Waals surface area contributed by atoms with E-state index in [1.165, 1.54) is 0 Å². The summed E-state index contributed by atoms with van der Waals surface area (Å²) in [5, 5.41) is 8.07. The number of nitrogens with two attached hydrogens (primary N) is 1. The number of pyridine rings is 2. The summed E-state index contributed by atoms with van der Waals surface area (Å²) in [5.74, 6) is 0.750. The monoisotopic (exact) mass is 623 g/mol. The molecule has 5 heterocycles. The van der Waals surface area contributed by atoms with E-state index < -0.39 is 11.3 Å². The number of aromatic nitrogens is 4. The van der Waals surface area contributed by atoms with Crippen LogP contribution >= 0.6 is 0 Å². The molecule has 2 fully saturated rings. The Morgan fingerprint density at radius 1 is 0.957 bits per heavy atom. The highest BCUT2D eigenvalue weighted by Crippen LogP contribution is 2.33. The minimum atomic E-state index is -0.514. The molecular weight excluding hydrogens is 582 g/mol. The number of nitrogens with one attached hydrogen (secondary N) is 2. The van der Waals surface area contributed by atoms with Crippen LogP contribution in [0.15, 0.2) is 54.9 Å². The molecule has 0 aliphatic carbocycles. The number of morpholine rings is 1. The lowest BCUT2D eigenvalue weighted by atomic mass is 9.86. The maximum atomic E-state index is 13.7. The predicted molar refractivity (Wildman–Crippen MR) is 180 cm³/mol. The van der Waals surface area contributed by atoms with Crippen LogP contribution in [0.1, 0.15) is 51.0 Å². The summed E-state index contributed by atoms with van der Waals surface area (Å²) >= 11 is 0. The van der Waals surface area contributed by atoms with Crippen molar-refractivity contribution in [3.05, 3.63) is 60.6 Å². The Bertz CT molecular complexity index is 1760. The largest absolute Gasteiger partial charge is 0.382 e. The molecule has 12 heteroatoms. The van der Waals surface area contributed by atoms with Gasteiger partial charge in [0.25, 0.3) is 5.91 Å². The zero-order valence-electron chi connectivity index (χ0n) is 26.8. The summed E-state index contributed by atoms with van der Waals surface area (Å²) in [6.07, 6.45) is 4.69. The number of ether oxygens (including phenoxy) is 1. The van der Waals surface area contributed by atoms with Gasteiger partial charge in [-0.1, -0.05) is 45.0 Å². The van der Waals surface area contributed by atoms with Gasteiger partial charge in [0.05, 0.1) is 25.1 Å². The highest BCUT2D eigenvalue weighted by molar-refractivity contribution is 6.07. The van der Waals surface area contributed by atoms with E-state index in [1.54, 1.807) is 12.4 Å². The minimum Gasteiger partial charge on any atom is -0.382 e. The fourth-order valence-corrected chi connectivity index (χ4v) is 5.76. The Kier molecular flexibility index (Phi) is 8.47. The molecule has 2 amide bonds. The lowest BCUT2D eigenvalue weighted by molar-refractivity contribution is -0.130. The Morgan fingerprint density at radius 3 is 2.43 bits per heavy atom. The number of rotatable bonds is 6. The van der Waals surface area contributed by atoms with Gasteiger partial charge in [0.15, 0.2) is 17.3 Å². The molecule has 12 nitrogen and oxygen atoms in total. The van der Waals surface area contributed by atoms with E-state index in [1.807, 2.05) is 57.2 Å². The van der Waals surface area contributed by atoms with Gasteiger partial charge in [-0.2, -0.15) is 0 Å². The van der Waals surface area contributed by atoms with Crippen molar-refractivity contribution in [2.45, 2.75) is 46.1 Å². The van der Waals surface area contributed by atoms with Crippen LogP contribution in [0, 0.1) is 5.41 Å². The lowest BCUT2D eigenvalue weighted by Gasteiger charge is -2.42. The number of carbonyl (C=O) groups is 2. The molecular formula is C34H41N9O3. The first-order valence-electron chi connectivity index (χ1n) is 15.7. The molecule has 2 aliphatic rings. The molecule has 4 N–H and O–H groups in total. The number of anilines is 4. The van der Waals surface area contributed by atoms with Gasteiger partial charge in [0.2, 0.25) is 5.91 Å². The second-order valence-corrected chi connectivity index (χ2v) is 13.2. The quantitative estimate of drug-likeness (QED) is 0.284. The second kappa shape index (κ2) is 12.5. The lowest BCUT2D eigenvalue weighted by Crippen LogP contribution is -2.55. The van der Waals surface area contributed by atoms with Crippen molar-refractivity contribution >= 4 is 45.7 Å². The molecule has 0 bridgehead atoms. The molecule has 240 valence electrons. The third kappa shape index (κ3) is 6.57. The van der Waals surface area contributed by atoms with Crippen LogP contribution in [0.25, 0.3) is 22.2 Å². The van der Waals surface area contributed by atoms with Crippen molar-refractivity contribution in [3.8, 4) is 11.4 Å². The molecule has 1 aromatic carbocycles. The zero-order valence-corrected chi connectivity index (χ0v) is 26.8. The standard InChI is InChI=1S/C34H41N9O3/c1-33(2,3)32(45)41-34(4)11-14-42(15-12-34)25-10-7-13-36-30(25)40-31(44)28-29(35)37-21-24(38-28)27-23-9-6-5-8-22(23)20-26(39-27)43-16-18-46-19-17-43/h5-10,13,20-21H,11-12,14-19H2,1-4H3,(H2,35,37)(H,41,45)(H,36,40,44). The van der Waals surface area contributed by atoms with Gasteiger partial charge in [-0.3, -0.25) is 9.59 Å². The fraction of sp³-hybridized carbons (Fsp3) is 0.412. The van der Waals surface area contributed by atoms with Gasteiger partial charge in [-0.15, -0.1) is 0 Å². The van der Waals surface area contributed by atoms with Gasteiger partial charge >= 0.3 is 0 Å². The van der Waals surface area contributed by atoms with Crippen LogP contribution in [0.2, 0.25) is 0 Å². The van der Waals surface area contributed by atoms with Gasteiger partial charge in [0, 0.05) is 48.7 Å². The molecule has 0 radical (unpaired) electrons. The SMILES string of the molecule is CC1(NC(=O)C(C)(C)C)CCN(c2cccnc2NC(=O)c2nc(-c3nc(N4CCOCC4)cc4ccccc34)cnc2N)CC1. The molecule has 2 saturated heterocycles. The number of amides is 2. The number of hydrogen-bond acceptors (Lipinski definition) is 10. The third-order valence-corrected chi connectivity index (χ3v) is 8.64. The van der Waals surface area contributed by atoms with E-state index in [9.17, 15) is 9.59 Å². The van der Waals surface area contributed by atoms with Crippen molar-refractivity contribution in [1.82, 2.24) is 25.3 Å². The van der Waals surface area contributed by atoms with E-state index in [4.69, 9.17) is 20.4 Å². The molecule has 4 aromatic rings. The van der Waals surface area contributed by atoms with Crippen LogP contribution in [-0.4, -0.2) is 76.7 Å². The van der Waals surface area contributed by atoms with Gasteiger partial charge in [-0.25, -0.2) is 19.9 Å². The van der Waals surface area contributed by atoms with E-state index in [0.717, 1.165) is 48.2 Å². The average Bonchev–Trinajstić information content (AvgIpc) is 3.05. The topological polar surface area (TPSA) is 151 Å². The highest BCUT2D eigenvalue weighted by Gasteiger charge is 2.35. The van der Waals surface area contributed by atoms with E-state index in [-0.39, 0.29) is 23.0 Å². The minimum absolute atomic E-state index is 0.00660. The summed E-state index contributed by atoms with van der Waals surface area (Å²) in [7, 11) is 0. The number of carbonyl (C=O) groups excluding carboxylic acids is 2. The van der Waals surface area contributed by atoms with Gasteiger partial charge in [-0.05, 0) is 43.4 Å². The van der Waals surface area contributed by atoms with Crippen molar-refractivity contribution < 1.29 is 14.3 Å². The summed E-state index contributed by atoms with van der Waals surface area (Å²) in [6.45, 7) is 11.9. The first-order chi connectivity index (χ1) is 22.0. The van der Waals surface area contributed by atoms with E-state index >= 15 is 0 Å². The van der Waals surface area contributed by atoms with Crippen LogP contribution in [0.3, 0.4) is 0 Å². The Balaban J connectivity index is 1.24. The molecule has 0 saturated carbocycles. The normalized spacial score (nSPS) is 16.7. The molecule has 0 unspecified atom stereocenters. The fourth-order valence-electron chi connectivity index (χ4n) is 5.76. The zero-order chi connectivity index (χ0) is 32.5. The highest BCUT2D eigenvalue weighted by atomic mass is 16.5. The first kappa shape index (κ1) is 31.2. The predicted octanol–water partition coefficient (Wildman–Crippen LogP) is 4.28. The number of fused-ring (bicyclic) bond motifs is 1. The molecule has 46 heavy (non-hydrogen) atoms. The number of benzene rings is 1. The van der Waals surface area contributed by atoms with Gasteiger partial charge in [0.1, 0.15) is 17.2 Å². The number of hydrogen-bond donors (Lipinski definition) is 3. The van der Waals surface area contributed by atoms with Crippen molar-refractivity contribution in [3.63, 3.8) is 0 Å². The summed E-state index contributed by atoms with van der Waals surface area (Å²) in [5.41, 5.74) is 7.29. The van der Waals surface area contributed by atoms with Crippen LogP contribution < -0.4 is 26.2 Å². The Labute approximate surface area is 268 Å². The van der Waals surface area contributed by atoms with Crippen LogP contribution in [0.5, 0.6) is 0 Å². The van der Waals surface area contributed by atoms with Gasteiger partial charge < -0.3 is 30.9 Å². The Morgan fingerprint density at radius 2 is 1.70 bits per heavy atom. The molecule has 0 spiro atoms. The molecule has 3 aromatic heterocycles. The average molecular weight is 624 g/mol. The smallest absolute Gasteiger partial charge is 0.279 e. The number of nitrogens with zero attached hydrogens (tertiary/aromatic N) is 6. The van der Waals surface area contributed by atoms with Crippen LogP contribution in [-0.2, 0) is 9.53 Å². The van der Waals surface area contributed by atoms with Crippen molar-refractivity contribution in [1.29, 1.82) is 0 Å². The first-order valence-corrected chi connectivity index (χ1v) is 15.7. The maximum absolute atomic E-state index is 13.7. The summed E-state index contributed by atoms with van der Waals surface area (Å²) < 4.78 is 5.54. The Hall–Kier alpha value is -4.84. The van der Waals surface area contributed by atoms with E-state index in [0.29, 0.717) is 43.5 Å². The summed E-state index contributed by atoms with van der Waals surface area (Å²) in [4.78, 5) is 49.3. The van der Waals surface area contributed by atoms with E-state index in [2.05, 4.69) is 43.4 Å². The maximum Gasteiger partial charge on any atom is 0.279 e. The molecule has 0 atom stereocenters. The van der Waals surface area contributed by atoms with Crippen molar-refractivity contribution in [2.75, 3.05) is 60.2 Å². The van der Waals surface area contributed by atoms with Crippen LogP contribution in [0.4, 0.5) is 23.1 Å².